The number of aromatic nitrogens is 2. The van der Waals surface area contributed by atoms with Crippen LogP contribution >= 0.6 is 0 Å². The average Bonchev–Trinajstić information content (AvgIpc) is 3.49. The summed E-state index contributed by atoms with van der Waals surface area (Å²) in [5.74, 6) is 0.356. The lowest BCUT2D eigenvalue weighted by Gasteiger charge is -2.40. The normalized spacial score (nSPS) is 27.7. The second-order valence-corrected chi connectivity index (χ2v) is 11.0. The first-order valence-corrected chi connectivity index (χ1v) is 13.5. The molecule has 9 nitrogen and oxygen atoms in total. The lowest BCUT2D eigenvalue weighted by molar-refractivity contribution is 0.0231. The molecule has 3 aliphatic rings. The van der Waals surface area contributed by atoms with Crippen LogP contribution in [0.25, 0.3) is 10.9 Å². The van der Waals surface area contributed by atoms with Crippen molar-refractivity contribution in [3.05, 3.63) is 24.3 Å². The fourth-order valence-electron chi connectivity index (χ4n) is 6.59. The van der Waals surface area contributed by atoms with Gasteiger partial charge in [-0.25, -0.2) is 4.79 Å². The number of ether oxygens (including phenoxy) is 2. The predicted octanol–water partition coefficient (Wildman–Crippen LogP) is 3.17. The number of methoxy groups -OCH3 is 1. The molecule has 2 unspecified atom stereocenters. The smallest absolute Gasteiger partial charge is 0.390 e. The van der Waals surface area contributed by atoms with E-state index in [0.717, 1.165) is 56.2 Å². The molecule has 2 N–H and O–H groups in total. The van der Waals surface area contributed by atoms with Crippen molar-refractivity contribution in [2.45, 2.75) is 88.7 Å². The Morgan fingerprint density at radius 1 is 1.17 bits per heavy atom. The van der Waals surface area contributed by atoms with Gasteiger partial charge in [-0.1, -0.05) is 12.1 Å². The van der Waals surface area contributed by atoms with Crippen molar-refractivity contribution in [1.29, 1.82) is 0 Å². The van der Waals surface area contributed by atoms with Gasteiger partial charge < -0.3 is 19.9 Å². The van der Waals surface area contributed by atoms with Gasteiger partial charge in [0, 0.05) is 50.4 Å². The SMILES string of the molecule is COC[C@@H]1CCCN1CC(O)CN1[C@@H]2CC[C@H]1CC(NC(=O)Oc1nn(C(C)C)c3ccccc13)C2. The Bertz CT molecular complexity index is 1030. The molecule has 0 saturated carbocycles. The van der Waals surface area contributed by atoms with Crippen molar-refractivity contribution in [3.8, 4) is 5.88 Å². The molecule has 0 spiro atoms. The molecule has 198 valence electrons. The highest BCUT2D eigenvalue weighted by atomic mass is 16.6. The number of carbonyl (C=O) groups is 1. The Kier molecular flexibility index (Phi) is 7.81. The predicted molar refractivity (Wildman–Crippen MR) is 138 cm³/mol. The molecule has 3 fully saturated rings. The monoisotopic (exact) mass is 499 g/mol. The number of hydrogen-bond donors (Lipinski definition) is 2. The van der Waals surface area contributed by atoms with Gasteiger partial charge in [-0.15, -0.1) is 5.10 Å². The lowest BCUT2D eigenvalue weighted by Crippen LogP contribution is -2.53. The van der Waals surface area contributed by atoms with Crippen LogP contribution in [0.3, 0.4) is 0 Å². The third-order valence-electron chi connectivity index (χ3n) is 8.19. The van der Waals surface area contributed by atoms with Crippen LogP contribution in [0.2, 0.25) is 0 Å². The van der Waals surface area contributed by atoms with E-state index in [2.05, 4.69) is 34.1 Å². The van der Waals surface area contributed by atoms with Gasteiger partial charge in [0.25, 0.3) is 5.88 Å². The van der Waals surface area contributed by atoms with Crippen molar-refractivity contribution >= 4 is 17.0 Å². The summed E-state index contributed by atoms with van der Waals surface area (Å²) >= 11 is 0. The van der Waals surface area contributed by atoms with E-state index in [-0.39, 0.29) is 18.2 Å². The Labute approximate surface area is 213 Å². The number of hydrogen-bond acceptors (Lipinski definition) is 7. The standard InChI is InChI=1S/C27H41N5O4/c1-18(2)32-25-9-5-4-8-24(25)26(29-32)36-27(34)28-19-13-20-10-11-21(14-19)31(20)16-23(33)15-30-12-6-7-22(30)17-35-3/h4-5,8-9,18-23,33H,6-7,10-17H2,1-3H3,(H,28,34)/t19?,20-,21+,22-,23?/m0/s1. The highest BCUT2D eigenvalue weighted by molar-refractivity contribution is 5.87. The first-order chi connectivity index (χ1) is 17.4. The number of benzene rings is 1. The quantitative estimate of drug-likeness (QED) is 0.548. The zero-order valence-corrected chi connectivity index (χ0v) is 21.8. The number of rotatable bonds is 9. The van der Waals surface area contributed by atoms with Crippen LogP contribution in [-0.4, -0.2) is 94.4 Å². The third kappa shape index (κ3) is 5.39. The largest absolute Gasteiger partial charge is 0.414 e. The summed E-state index contributed by atoms with van der Waals surface area (Å²) in [6, 6.07) is 9.28. The molecule has 0 aliphatic carbocycles. The fraction of sp³-hybridized carbons (Fsp3) is 0.704. The number of likely N-dealkylation sites (tertiary alicyclic amines) is 1. The molecule has 1 aromatic carbocycles. The molecule has 3 saturated heterocycles. The van der Waals surface area contributed by atoms with Crippen LogP contribution in [0.4, 0.5) is 4.79 Å². The van der Waals surface area contributed by atoms with E-state index in [4.69, 9.17) is 9.47 Å². The molecule has 2 aromatic rings. The second-order valence-electron chi connectivity index (χ2n) is 11.0. The molecular formula is C27H41N5O4. The Morgan fingerprint density at radius 3 is 2.64 bits per heavy atom. The maximum Gasteiger partial charge on any atom is 0.414 e. The van der Waals surface area contributed by atoms with Crippen LogP contribution in [0.1, 0.15) is 58.4 Å². The van der Waals surface area contributed by atoms with Crippen LogP contribution in [0, 0.1) is 0 Å². The van der Waals surface area contributed by atoms with Crippen LogP contribution < -0.4 is 10.1 Å². The average molecular weight is 500 g/mol. The molecule has 0 radical (unpaired) electrons. The fourth-order valence-corrected chi connectivity index (χ4v) is 6.59. The summed E-state index contributed by atoms with van der Waals surface area (Å²) in [6.45, 7) is 7.30. The second kappa shape index (κ2) is 11.0. The molecule has 36 heavy (non-hydrogen) atoms. The van der Waals surface area contributed by atoms with Crippen LogP contribution in [0.15, 0.2) is 24.3 Å². The van der Waals surface area contributed by atoms with Crippen molar-refractivity contribution in [2.24, 2.45) is 0 Å². The van der Waals surface area contributed by atoms with E-state index in [1.54, 1.807) is 7.11 Å². The van der Waals surface area contributed by atoms with Crippen molar-refractivity contribution in [3.63, 3.8) is 0 Å². The van der Waals surface area contributed by atoms with Gasteiger partial charge in [-0.2, -0.15) is 0 Å². The summed E-state index contributed by atoms with van der Waals surface area (Å²) in [5.41, 5.74) is 0.961. The van der Waals surface area contributed by atoms with E-state index in [1.165, 1.54) is 6.42 Å². The third-order valence-corrected chi connectivity index (χ3v) is 8.19. The van der Waals surface area contributed by atoms with Gasteiger partial charge >= 0.3 is 6.09 Å². The highest BCUT2D eigenvalue weighted by Crippen LogP contribution is 2.36. The molecular weight excluding hydrogens is 458 g/mol. The zero-order valence-electron chi connectivity index (χ0n) is 21.8. The van der Waals surface area contributed by atoms with Gasteiger partial charge in [0.2, 0.25) is 0 Å². The number of para-hydroxylation sites is 1. The molecule has 1 amide bonds. The number of β-amino-alcohol motifs (C(OH)–C–C–N with tert-alkyl or cyclic N) is 1. The number of amides is 1. The Balaban J connectivity index is 1.14. The van der Waals surface area contributed by atoms with Gasteiger partial charge in [0.15, 0.2) is 0 Å². The maximum atomic E-state index is 12.8. The van der Waals surface area contributed by atoms with Crippen molar-refractivity contribution < 1.29 is 19.4 Å². The summed E-state index contributed by atoms with van der Waals surface area (Å²) in [5, 5.41) is 19.4. The zero-order chi connectivity index (χ0) is 25.2. The van der Waals surface area contributed by atoms with E-state index in [9.17, 15) is 9.90 Å². The summed E-state index contributed by atoms with van der Waals surface area (Å²) < 4.78 is 12.9. The van der Waals surface area contributed by atoms with E-state index in [0.29, 0.717) is 37.1 Å². The minimum Gasteiger partial charge on any atom is -0.390 e. The summed E-state index contributed by atoms with van der Waals surface area (Å²) in [7, 11) is 1.75. The van der Waals surface area contributed by atoms with Gasteiger partial charge in [-0.3, -0.25) is 14.5 Å². The van der Waals surface area contributed by atoms with Gasteiger partial charge in [0.1, 0.15) is 0 Å². The molecule has 4 heterocycles. The number of aliphatic hydroxyl groups is 1. The van der Waals surface area contributed by atoms with Crippen molar-refractivity contribution in [1.82, 2.24) is 24.9 Å². The Morgan fingerprint density at radius 2 is 1.92 bits per heavy atom. The van der Waals surface area contributed by atoms with Crippen molar-refractivity contribution in [2.75, 3.05) is 33.4 Å². The first kappa shape index (κ1) is 25.4. The van der Waals surface area contributed by atoms with Gasteiger partial charge in [-0.05, 0) is 71.0 Å². The molecule has 3 aliphatic heterocycles. The number of fused-ring (bicyclic) bond motifs is 3. The maximum absolute atomic E-state index is 12.8. The number of piperidine rings is 1. The Hall–Kier alpha value is -2.20. The minimum absolute atomic E-state index is 0.0755. The number of aliphatic hydroxyl groups excluding tert-OH is 1. The highest BCUT2D eigenvalue weighted by Gasteiger charge is 2.42. The minimum atomic E-state index is -0.440. The van der Waals surface area contributed by atoms with E-state index in [1.807, 2.05) is 28.9 Å². The van der Waals surface area contributed by atoms with Crippen LogP contribution in [-0.2, 0) is 4.74 Å². The number of nitrogens with zero attached hydrogens (tertiary/aromatic N) is 4. The van der Waals surface area contributed by atoms with E-state index < -0.39 is 6.09 Å². The molecule has 9 heteroatoms. The molecule has 5 atom stereocenters. The summed E-state index contributed by atoms with van der Waals surface area (Å²) in [4.78, 5) is 17.7. The number of nitrogens with one attached hydrogen (secondary N) is 1. The molecule has 5 rings (SSSR count). The molecule has 2 bridgehead atoms. The summed E-state index contributed by atoms with van der Waals surface area (Å²) in [6.07, 6.45) is 5.51. The number of carbonyl (C=O) groups excluding carboxylic acids is 1. The van der Waals surface area contributed by atoms with Crippen LogP contribution in [0.5, 0.6) is 5.88 Å². The topological polar surface area (TPSA) is 92.1 Å². The van der Waals surface area contributed by atoms with Gasteiger partial charge in [0.05, 0.1) is 23.6 Å². The van der Waals surface area contributed by atoms with E-state index >= 15 is 0 Å². The molecule has 1 aromatic heterocycles. The first-order valence-electron chi connectivity index (χ1n) is 13.5. The lowest BCUT2D eigenvalue weighted by atomic mass is 9.97.